The summed E-state index contributed by atoms with van der Waals surface area (Å²) in [5.41, 5.74) is 2.99. The number of allylic oxidation sites excluding steroid dienone is 1. The summed E-state index contributed by atoms with van der Waals surface area (Å²) in [4.78, 5) is 10.9. The van der Waals surface area contributed by atoms with Crippen LogP contribution < -0.4 is 20.7 Å². The Morgan fingerprint density at radius 3 is 2.82 bits per heavy atom. The smallest absolute Gasteiger partial charge is 0.271 e. The van der Waals surface area contributed by atoms with Crippen LogP contribution >= 0.6 is 0 Å². The van der Waals surface area contributed by atoms with E-state index < -0.39 is 5.91 Å². The van der Waals surface area contributed by atoms with Crippen LogP contribution in [0.4, 0.5) is 0 Å². The fourth-order valence-corrected chi connectivity index (χ4v) is 1.28. The lowest BCUT2D eigenvalue weighted by molar-refractivity contribution is -0.123. The molecule has 0 aliphatic heterocycles. The lowest BCUT2D eigenvalue weighted by Gasteiger charge is -2.10. The molecule has 1 aromatic rings. The van der Waals surface area contributed by atoms with Crippen LogP contribution in [0.3, 0.4) is 0 Å². The SMILES string of the molecule is C/C=C/c1ccc(OCC(=O)NN)c(OC)c1. The Balaban J connectivity index is 2.81. The first-order valence-electron chi connectivity index (χ1n) is 5.14. The molecule has 0 aromatic heterocycles. The van der Waals surface area contributed by atoms with Gasteiger partial charge < -0.3 is 9.47 Å². The van der Waals surface area contributed by atoms with Gasteiger partial charge in [0.25, 0.3) is 5.91 Å². The number of nitrogens with two attached hydrogens (primary N) is 1. The Kier molecular flexibility index (Phi) is 5.03. The van der Waals surface area contributed by atoms with Crippen molar-refractivity contribution < 1.29 is 14.3 Å². The fourth-order valence-electron chi connectivity index (χ4n) is 1.28. The Morgan fingerprint density at radius 1 is 1.47 bits per heavy atom. The van der Waals surface area contributed by atoms with E-state index >= 15 is 0 Å². The van der Waals surface area contributed by atoms with Crippen molar-refractivity contribution in [2.24, 2.45) is 5.84 Å². The molecule has 3 N–H and O–H groups in total. The molecule has 1 rings (SSSR count). The summed E-state index contributed by atoms with van der Waals surface area (Å²) >= 11 is 0. The third-order valence-corrected chi connectivity index (χ3v) is 2.07. The number of carbonyl (C=O) groups is 1. The van der Waals surface area contributed by atoms with Gasteiger partial charge in [-0.1, -0.05) is 18.2 Å². The normalized spacial score (nSPS) is 10.3. The molecule has 5 heteroatoms. The van der Waals surface area contributed by atoms with E-state index in [2.05, 4.69) is 0 Å². The van der Waals surface area contributed by atoms with Gasteiger partial charge in [0.15, 0.2) is 18.1 Å². The van der Waals surface area contributed by atoms with Crippen molar-refractivity contribution in [1.29, 1.82) is 0 Å². The molecule has 17 heavy (non-hydrogen) atoms. The summed E-state index contributed by atoms with van der Waals surface area (Å²) < 4.78 is 10.4. The van der Waals surface area contributed by atoms with E-state index in [0.29, 0.717) is 11.5 Å². The number of ether oxygens (including phenoxy) is 2. The maximum absolute atomic E-state index is 10.9. The number of hydrazine groups is 1. The van der Waals surface area contributed by atoms with Crippen LogP contribution in [0.1, 0.15) is 12.5 Å². The van der Waals surface area contributed by atoms with Gasteiger partial charge in [0.05, 0.1) is 7.11 Å². The molecule has 0 saturated heterocycles. The number of carbonyl (C=O) groups excluding carboxylic acids is 1. The van der Waals surface area contributed by atoms with E-state index in [4.69, 9.17) is 15.3 Å². The molecule has 0 radical (unpaired) electrons. The van der Waals surface area contributed by atoms with Crippen molar-refractivity contribution >= 4 is 12.0 Å². The van der Waals surface area contributed by atoms with Gasteiger partial charge in [-0.25, -0.2) is 5.84 Å². The first-order valence-corrected chi connectivity index (χ1v) is 5.14. The summed E-state index contributed by atoms with van der Waals surface area (Å²) in [6.45, 7) is 1.79. The molecule has 92 valence electrons. The van der Waals surface area contributed by atoms with E-state index in [1.807, 2.05) is 36.6 Å². The number of rotatable bonds is 5. The molecule has 0 aliphatic rings. The van der Waals surface area contributed by atoms with Crippen molar-refractivity contribution in [2.45, 2.75) is 6.92 Å². The second-order valence-electron chi connectivity index (χ2n) is 3.27. The van der Waals surface area contributed by atoms with Gasteiger partial charge in [-0.05, 0) is 24.6 Å². The average Bonchev–Trinajstić information content (AvgIpc) is 2.36. The number of benzene rings is 1. The molecular formula is C12H16N2O3. The largest absolute Gasteiger partial charge is 0.493 e. The minimum absolute atomic E-state index is 0.143. The van der Waals surface area contributed by atoms with Gasteiger partial charge in [-0.15, -0.1) is 0 Å². The molecule has 0 aliphatic carbocycles. The van der Waals surface area contributed by atoms with E-state index in [1.54, 1.807) is 13.2 Å². The molecule has 0 saturated carbocycles. The second-order valence-corrected chi connectivity index (χ2v) is 3.27. The third-order valence-electron chi connectivity index (χ3n) is 2.07. The van der Waals surface area contributed by atoms with Gasteiger partial charge in [0.2, 0.25) is 0 Å². The monoisotopic (exact) mass is 236 g/mol. The van der Waals surface area contributed by atoms with Crippen molar-refractivity contribution in [3.05, 3.63) is 29.8 Å². The highest BCUT2D eigenvalue weighted by Gasteiger charge is 2.06. The van der Waals surface area contributed by atoms with E-state index in [-0.39, 0.29) is 6.61 Å². The van der Waals surface area contributed by atoms with Crippen molar-refractivity contribution in [1.82, 2.24) is 5.43 Å². The standard InChI is InChI=1S/C12H16N2O3/c1-3-4-9-5-6-10(11(7-9)16-2)17-8-12(15)14-13/h3-7H,8,13H2,1-2H3,(H,14,15)/b4-3+. The number of nitrogens with one attached hydrogen (secondary N) is 1. The van der Waals surface area contributed by atoms with Crippen LogP contribution in [0.5, 0.6) is 11.5 Å². The highest BCUT2D eigenvalue weighted by molar-refractivity contribution is 5.76. The number of amides is 1. The molecule has 1 amide bonds. The molecule has 0 fully saturated rings. The highest BCUT2D eigenvalue weighted by atomic mass is 16.5. The number of methoxy groups -OCH3 is 1. The van der Waals surface area contributed by atoms with Gasteiger partial charge >= 0.3 is 0 Å². The Labute approximate surface area is 100 Å². The number of hydrogen-bond acceptors (Lipinski definition) is 4. The molecule has 0 unspecified atom stereocenters. The Morgan fingerprint density at radius 2 is 2.24 bits per heavy atom. The fraction of sp³-hybridized carbons (Fsp3) is 0.250. The van der Waals surface area contributed by atoms with Crippen LogP contribution in [0.25, 0.3) is 6.08 Å². The summed E-state index contributed by atoms with van der Waals surface area (Å²) in [5.74, 6) is 5.63. The van der Waals surface area contributed by atoms with E-state index in [9.17, 15) is 4.79 Å². The predicted molar refractivity (Wildman–Crippen MR) is 65.5 cm³/mol. The Bertz CT molecular complexity index is 416. The minimum Gasteiger partial charge on any atom is -0.493 e. The topological polar surface area (TPSA) is 73.6 Å². The number of hydrogen-bond donors (Lipinski definition) is 2. The Hall–Kier alpha value is -2.01. The first kappa shape index (κ1) is 13.1. The highest BCUT2D eigenvalue weighted by Crippen LogP contribution is 2.28. The molecular weight excluding hydrogens is 220 g/mol. The van der Waals surface area contributed by atoms with Gasteiger partial charge in [-0.3, -0.25) is 10.2 Å². The van der Waals surface area contributed by atoms with Gasteiger partial charge in [0, 0.05) is 0 Å². The van der Waals surface area contributed by atoms with Gasteiger partial charge in [0.1, 0.15) is 0 Å². The van der Waals surface area contributed by atoms with Crippen LogP contribution in [0, 0.1) is 0 Å². The lowest BCUT2D eigenvalue weighted by Crippen LogP contribution is -2.34. The van der Waals surface area contributed by atoms with E-state index in [0.717, 1.165) is 5.56 Å². The van der Waals surface area contributed by atoms with Crippen molar-refractivity contribution in [3.63, 3.8) is 0 Å². The zero-order valence-corrected chi connectivity index (χ0v) is 9.90. The molecule has 0 bridgehead atoms. The first-order chi connectivity index (χ1) is 8.21. The maximum atomic E-state index is 10.9. The third kappa shape index (κ3) is 3.81. The minimum atomic E-state index is -0.399. The van der Waals surface area contributed by atoms with Crippen LogP contribution in [0.2, 0.25) is 0 Å². The lowest BCUT2D eigenvalue weighted by atomic mass is 10.2. The van der Waals surface area contributed by atoms with Gasteiger partial charge in [-0.2, -0.15) is 0 Å². The van der Waals surface area contributed by atoms with Crippen LogP contribution in [-0.4, -0.2) is 19.6 Å². The molecule has 0 spiro atoms. The predicted octanol–water partition coefficient (Wildman–Crippen LogP) is 1.10. The quantitative estimate of drug-likeness (QED) is 0.456. The molecule has 5 nitrogen and oxygen atoms in total. The van der Waals surface area contributed by atoms with Crippen LogP contribution in [0.15, 0.2) is 24.3 Å². The van der Waals surface area contributed by atoms with Crippen molar-refractivity contribution in [2.75, 3.05) is 13.7 Å². The summed E-state index contributed by atoms with van der Waals surface area (Å²) in [7, 11) is 1.55. The molecule has 0 atom stereocenters. The van der Waals surface area contributed by atoms with Crippen LogP contribution in [-0.2, 0) is 4.79 Å². The molecule has 0 heterocycles. The summed E-state index contributed by atoms with van der Waals surface area (Å²) in [6.07, 6.45) is 3.87. The zero-order valence-electron chi connectivity index (χ0n) is 9.90. The maximum Gasteiger partial charge on any atom is 0.271 e. The van der Waals surface area contributed by atoms with E-state index in [1.165, 1.54) is 0 Å². The second kappa shape index (κ2) is 6.55. The zero-order chi connectivity index (χ0) is 12.7. The van der Waals surface area contributed by atoms with Crippen molar-refractivity contribution in [3.8, 4) is 11.5 Å². The summed E-state index contributed by atoms with van der Waals surface area (Å²) in [6, 6.07) is 5.45. The molecule has 1 aromatic carbocycles. The summed E-state index contributed by atoms with van der Waals surface area (Å²) in [5, 5.41) is 0. The average molecular weight is 236 g/mol.